The van der Waals surface area contributed by atoms with Gasteiger partial charge in [0.25, 0.3) is 0 Å². The highest BCUT2D eigenvalue weighted by Crippen LogP contribution is 2.10. The third kappa shape index (κ3) is 4.96. The minimum absolute atomic E-state index is 0.00701. The van der Waals surface area contributed by atoms with E-state index < -0.39 is 0 Å². The van der Waals surface area contributed by atoms with Gasteiger partial charge < -0.3 is 15.4 Å². The van der Waals surface area contributed by atoms with Crippen molar-refractivity contribution in [1.29, 1.82) is 10.5 Å². The number of morpholine rings is 1. The molecule has 0 radical (unpaired) electrons. The van der Waals surface area contributed by atoms with E-state index in [0.29, 0.717) is 19.0 Å². The first-order valence-electron chi connectivity index (χ1n) is 7.45. The van der Waals surface area contributed by atoms with E-state index >= 15 is 0 Å². The Balaban J connectivity index is 1.88. The summed E-state index contributed by atoms with van der Waals surface area (Å²) in [7, 11) is 1.68. The second-order valence-corrected chi connectivity index (χ2v) is 5.19. The smallest absolute Gasteiger partial charge is 0.169 e. The number of nitrogens with zero attached hydrogens (tertiary/aromatic N) is 4. The maximum absolute atomic E-state index is 8.92. The predicted molar refractivity (Wildman–Crippen MR) is 84.6 cm³/mol. The van der Waals surface area contributed by atoms with Gasteiger partial charge >= 0.3 is 0 Å². The van der Waals surface area contributed by atoms with Gasteiger partial charge in [-0.05, 0) is 17.7 Å². The number of aromatic nitrogens is 1. The van der Waals surface area contributed by atoms with E-state index in [9.17, 15) is 0 Å². The van der Waals surface area contributed by atoms with Gasteiger partial charge in [-0.2, -0.15) is 10.5 Å². The van der Waals surface area contributed by atoms with E-state index in [0.717, 1.165) is 19.6 Å². The molecule has 0 spiro atoms. The lowest BCUT2D eigenvalue weighted by atomic mass is 10.2. The number of allylic oxidation sites excluding steroid dienone is 1. The number of hydrogen-bond donors (Lipinski definition) is 2. The molecule has 23 heavy (non-hydrogen) atoms. The molecule has 1 aromatic rings. The lowest BCUT2D eigenvalue weighted by Gasteiger charge is -2.33. The lowest BCUT2D eigenvalue weighted by molar-refractivity contribution is -0.0290. The van der Waals surface area contributed by atoms with Crippen molar-refractivity contribution >= 4 is 0 Å². The molecular formula is C16H20N6O. The summed E-state index contributed by atoms with van der Waals surface area (Å²) in [5.41, 5.74) is 1.26. The van der Waals surface area contributed by atoms with Crippen molar-refractivity contribution in [3.8, 4) is 12.1 Å². The molecule has 1 aliphatic heterocycles. The summed E-state index contributed by atoms with van der Waals surface area (Å²) in [6.45, 7) is 3.74. The highest BCUT2D eigenvalue weighted by molar-refractivity contribution is 5.38. The fourth-order valence-electron chi connectivity index (χ4n) is 2.45. The molecule has 1 aliphatic rings. The Kier molecular flexibility index (Phi) is 6.37. The first-order valence-corrected chi connectivity index (χ1v) is 7.45. The molecule has 0 bridgehead atoms. The maximum atomic E-state index is 8.92. The Bertz CT molecular complexity index is 600. The number of pyridine rings is 1. The van der Waals surface area contributed by atoms with Gasteiger partial charge in [0.1, 0.15) is 18.0 Å². The van der Waals surface area contributed by atoms with Gasteiger partial charge in [-0.3, -0.25) is 9.88 Å². The van der Waals surface area contributed by atoms with Crippen molar-refractivity contribution in [2.24, 2.45) is 0 Å². The van der Waals surface area contributed by atoms with E-state index in [4.69, 9.17) is 15.3 Å². The van der Waals surface area contributed by atoms with Gasteiger partial charge in [0, 0.05) is 45.6 Å². The molecule has 2 N–H and O–H groups in total. The maximum Gasteiger partial charge on any atom is 0.169 e. The van der Waals surface area contributed by atoms with Gasteiger partial charge in [0.15, 0.2) is 5.57 Å². The number of hydrogen-bond acceptors (Lipinski definition) is 7. The monoisotopic (exact) mass is 312 g/mol. The molecule has 1 aromatic heterocycles. The van der Waals surface area contributed by atoms with E-state index in [1.165, 1.54) is 5.56 Å². The molecule has 120 valence electrons. The Morgan fingerprint density at radius 3 is 2.78 bits per heavy atom. The highest BCUT2D eigenvalue weighted by atomic mass is 16.5. The number of rotatable bonds is 6. The van der Waals surface area contributed by atoms with Crippen molar-refractivity contribution in [2.75, 3.05) is 33.3 Å². The summed E-state index contributed by atoms with van der Waals surface area (Å²) in [6, 6.07) is 7.76. The van der Waals surface area contributed by atoms with Crippen LogP contribution in [0.4, 0.5) is 0 Å². The van der Waals surface area contributed by atoms with E-state index in [1.807, 2.05) is 24.3 Å². The quantitative estimate of drug-likeness (QED) is 0.732. The van der Waals surface area contributed by atoms with Crippen molar-refractivity contribution in [3.05, 3.63) is 41.5 Å². The fraction of sp³-hybridized carbons (Fsp3) is 0.438. The summed E-state index contributed by atoms with van der Waals surface area (Å²) in [5.74, 6) is 0.435. The van der Waals surface area contributed by atoms with E-state index in [1.54, 1.807) is 19.4 Å². The topological polar surface area (TPSA) is 97.0 Å². The van der Waals surface area contributed by atoms with Gasteiger partial charge in [0.05, 0.1) is 12.7 Å². The Morgan fingerprint density at radius 1 is 1.39 bits per heavy atom. The molecule has 0 saturated carbocycles. The van der Waals surface area contributed by atoms with Crippen LogP contribution in [-0.2, 0) is 11.3 Å². The third-order valence-corrected chi connectivity index (χ3v) is 3.61. The summed E-state index contributed by atoms with van der Waals surface area (Å²) >= 11 is 0. The first kappa shape index (κ1) is 16.8. The van der Waals surface area contributed by atoms with Crippen LogP contribution in [0.1, 0.15) is 5.56 Å². The van der Waals surface area contributed by atoms with Crippen LogP contribution in [0.5, 0.6) is 0 Å². The predicted octanol–water partition coefficient (Wildman–Crippen LogP) is 0.350. The molecule has 0 aromatic carbocycles. The Hall–Kier alpha value is -2.61. The number of nitriles is 2. The SMILES string of the molecule is CNC(NCC1CN(Cc2ccncc2)CCO1)=C(C#N)C#N. The lowest BCUT2D eigenvalue weighted by Crippen LogP contribution is -2.46. The average Bonchev–Trinajstić information content (AvgIpc) is 2.60. The number of nitrogens with one attached hydrogen (secondary N) is 2. The summed E-state index contributed by atoms with van der Waals surface area (Å²) in [6.07, 6.45) is 3.60. The summed E-state index contributed by atoms with van der Waals surface area (Å²) in [5, 5.41) is 23.8. The summed E-state index contributed by atoms with van der Waals surface area (Å²) < 4.78 is 5.76. The second-order valence-electron chi connectivity index (χ2n) is 5.19. The van der Waals surface area contributed by atoms with Crippen LogP contribution in [0.25, 0.3) is 0 Å². The zero-order valence-electron chi connectivity index (χ0n) is 13.1. The number of ether oxygens (including phenoxy) is 1. The van der Waals surface area contributed by atoms with Crippen molar-refractivity contribution in [2.45, 2.75) is 12.6 Å². The molecular weight excluding hydrogens is 292 g/mol. The standard InChI is InChI=1S/C16H20N6O/c1-19-16(14(8-17)9-18)21-10-15-12-22(6-7-23-15)11-13-2-4-20-5-3-13/h2-5,15,19,21H,6-7,10-12H2,1H3. The first-order chi connectivity index (χ1) is 11.3. The van der Waals surface area contributed by atoms with Crippen molar-refractivity contribution in [1.82, 2.24) is 20.5 Å². The zero-order valence-corrected chi connectivity index (χ0v) is 13.1. The molecule has 2 rings (SSSR count). The van der Waals surface area contributed by atoms with Crippen molar-refractivity contribution < 1.29 is 4.74 Å². The van der Waals surface area contributed by atoms with Gasteiger partial charge in [-0.15, -0.1) is 0 Å². The van der Waals surface area contributed by atoms with Crippen LogP contribution < -0.4 is 10.6 Å². The fourth-order valence-corrected chi connectivity index (χ4v) is 2.45. The highest BCUT2D eigenvalue weighted by Gasteiger charge is 2.21. The molecule has 1 fully saturated rings. The minimum Gasteiger partial charge on any atom is -0.374 e. The summed E-state index contributed by atoms with van der Waals surface area (Å²) in [4.78, 5) is 6.35. The van der Waals surface area contributed by atoms with Gasteiger partial charge in [0.2, 0.25) is 0 Å². The van der Waals surface area contributed by atoms with Crippen LogP contribution >= 0.6 is 0 Å². The van der Waals surface area contributed by atoms with Crippen LogP contribution in [-0.4, -0.2) is 49.3 Å². The molecule has 7 nitrogen and oxygen atoms in total. The van der Waals surface area contributed by atoms with Crippen LogP contribution in [0.3, 0.4) is 0 Å². The molecule has 1 atom stereocenters. The van der Waals surface area contributed by atoms with Gasteiger partial charge in [-0.25, -0.2) is 0 Å². The van der Waals surface area contributed by atoms with Crippen molar-refractivity contribution in [3.63, 3.8) is 0 Å². The van der Waals surface area contributed by atoms with Crippen LogP contribution in [0.15, 0.2) is 35.9 Å². The molecule has 0 aliphatic carbocycles. The molecule has 2 heterocycles. The molecule has 1 unspecified atom stereocenters. The van der Waals surface area contributed by atoms with Gasteiger partial charge in [-0.1, -0.05) is 0 Å². The van der Waals surface area contributed by atoms with Crippen LogP contribution in [0.2, 0.25) is 0 Å². The minimum atomic E-state index is 0.00701. The molecule has 7 heteroatoms. The van der Waals surface area contributed by atoms with Crippen LogP contribution in [0, 0.1) is 22.7 Å². The largest absolute Gasteiger partial charge is 0.374 e. The Morgan fingerprint density at radius 2 is 2.13 bits per heavy atom. The molecule has 1 saturated heterocycles. The average molecular weight is 312 g/mol. The van der Waals surface area contributed by atoms with E-state index in [-0.39, 0.29) is 11.7 Å². The Labute approximate surface area is 136 Å². The second kappa shape index (κ2) is 8.74. The third-order valence-electron chi connectivity index (χ3n) is 3.61. The normalized spacial score (nSPS) is 17.6. The molecule has 0 amide bonds. The zero-order chi connectivity index (χ0) is 16.5. The van der Waals surface area contributed by atoms with E-state index in [2.05, 4.69) is 20.5 Å².